The third-order valence-corrected chi connectivity index (χ3v) is 2.70. The molecule has 1 aromatic carbocycles. The van der Waals surface area contributed by atoms with E-state index >= 15 is 0 Å². The lowest BCUT2D eigenvalue weighted by atomic mass is 10.00. The zero-order valence-corrected chi connectivity index (χ0v) is 9.27. The van der Waals surface area contributed by atoms with Gasteiger partial charge in [-0.3, -0.25) is 9.48 Å². The molecule has 82 valence electrons. The summed E-state index contributed by atoms with van der Waals surface area (Å²) < 4.78 is 1.77. The summed E-state index contributed by atoms with van der Waals surface area (Å²) in [5, 5.41) is 4.11. The normalized spacial score (nSPS) is 10.4. The quantitative estimate of drug-likeness (QED) is 0.825. The van der Waals surface area contributed by atoms with E-state index in [9.17, 15) is 4.79 Å². The van der Waals surface area contributed by atoms with Crippen LogP contribution in [0.15, 0.2) is 30.5 Å². The van der Waals surface area contributed by atoms with Crippen LogP contribution in [0.25, 0.3) is 11.3 Å². The van der Waals surface area contributed by atoms with Gasteiger partial charge in [-0.25, -0.2) is 0 Å². The molecule has 0 bridgehead atoms. The molecule has 0 radical (unpaired) electrons. The number of carbonyl (C=O) groups excluding carboxylic acids is 1. The lowest BCUT2D eigenvalue weighted by Gasteiger charge is -2.09. The Morgan fingerprint density at radius 2 is 2.12 bits per heavy atom. The molecular weight excluding hydrogens is 202 g/mol. The smallest absolute Gasteiger partial charge is 0.248 e. The van der Waals surface area contributed by atoms with E-state index in [1.807, 2.05) is 32.2 Å². The summed E-state index contributed by atoms with van der Waals surface area (Å²) in [6.07, 6.45) is 1.73. The first-order valence-corrected chi connectivity index (χ1v) is 4.99. The number of nitrogens with zero attached hydrogens (tertiary/aromatic N) is 2. The number of benzene rings is 1. The maximum Gasteiger partial charge on any atom is 0.248 e. The Balaban J connectivity index is 2.63. The van der Waals surface area contributed by atoms with Gasteiger partial charge in [-0.05, 0) is 24.6 Å². The molecule has 4 heteroatoms. The number of rotatable bonds is 2. The molecule has 2 aromatic rings. The van der Waals surface area contributed by atoms with Crippen molar-refractivity contribution >= 4 is 5.91 Å². The molecule has 2 rings (SSSR count). The van der Waals surface area contributed by atoms with Crippen molar-refractivity contribution in [1.82, 2.24) is 9.78 Å². The zero-order chi connectivity index (χ0) is 11.7. The van der Waals surface area contributed by atoms with E-state index in [-0.39, 0.29) is 0 Å². The highest BCUT2D eigenvalue weighted by atomic mass is 16.1. The molecule has 4 nitrogen and oxygen atoms in total. The van der Waals surface area contributed by atoms with E-state index in [1.54, 1.807) is 16.9 Å². The van der Waals surface area contributed by atoms with E-state index in [0.717, 1.165) is 16.8 Å². The van der Waals surface area contributed by atoms with Crippen molar-refractivity contribution in [2.75, 3.05) is 0 Å². The Hall–Kier alpha value is -2.10. The van der Waals surface area contributed by atoms with Crippen LogP contribution in [0.2, 0.25) is 0 Å². The van der Waals surface area contributed by atoms with Gasteiger partial charge in [-0.15, -0.1) is 0 Å². The van der Waals surface area contributed by atoms with E-state index in [2.05, 4.69) is 5.10 Å². The van der Waals surface area contributed by atoms with Gasteiger partial charge < -0.3 is 5.73 Å². The van der Waals surface area contributed by atoms with Gasteiger partial charge in [-0.1, -0.05) is 12.1 Å². The summed E-state index contributed by atoms with van der Waals surface area (Å²) in [4.78, 5) is 11.2. The van der Waals surface area contributed by atoms with Crippen LogP contribution in [0.5, 0.6) is 0 Å². The zero-order valence-electron chi connectivity index (χ0n) is 9.27. The molecule has 1 heterocycles. The van der Waals surface area contributed by atoms with Crippen molar-refractivity contribution in [1.29, 1.82) is 0 Å². The maximum atomic E-state index is 11.2. The molecule has 1 aromatic heterocycles. The third-order valence-electron chi connectivity index (χ3n) is 2.70. The number of aromatic nitrogens is 2. The fraction of sp³-hybridized carbons (Fsp3) is 0.167. The first-order valence-electron chi connectivity index (χ1n) is 4.99. The molecule has 0 spiro atoms. The molecule has 0 aliphatic heterocycles. The van der Waals surface area contributed by atoms with Gasteiger partial charge in [0.2, 0.25) is 5.91 Å². The Bertz CT molecular complexity index is 543. The Kier molecular flexibility index (Phi) is 2.48. The van der Waals surface area contributed by atoms with Crippen molar-refractivity contribution in [3.05, 3.63) is 41.6 Å². The Labute approximate surface area is 93.7 Å². The average molecular weight is 215 g/mol. The second kappa shape index (κ2) is 3.81. The van der Waals surface area contributed by atoms with Gasteiger partial charge in [0.25, 0.3) is 0 Å². The van der Waals surface area contributed by atoms with Gasteiger partial charge >= 0.3 is 0 Å². The van der Waals surface area contributed by atoms with Gasteiger partial charge in [0.15, 0.2) is 0 Å². The largest absolute Gasteiger partial charge is 0.366 e. The summed E-state index contributed by atoms with van der Waals surface area (Å²) in [6, 6.07) is 7.43. The van der Waals surface area contributed by atoms with Crippen LogP contribution < -0.4 is 5.73 Å². The summed E-state index contributed by atoms with van der Waals surface area (Å²) in [6.45, 7) is 1.89. The molecular formula is C12H13N3O. The third kappa shape index (κ3) is 1.58. The maximum absolute atomic E-state index is 11.2. The first kappa shape index (κ1) is 10.4. The van der Waals surface area contributed by atoms with E-state index < -0.39 is 5.91 Å². The second-order valence-electron chi connectivity index (χ2n) is 3.68. The topological polar surface area (TPSA) is 60.9 Å². The van der Waals surface area contributed by atoms with Gasteiger partial charge in [0.05, 0.1) is 5.69 Å². The summed E-state index contributed by atoms with van der Waals surface area (Å²) >= 11 is 0. The monoisotopic (exact) mass is 215 g/mol. The van der Waals surface area contributed by atoms with Crippen molar-refractivity contribution in [2.45, 2.75) is 6.92 Å². The molecule has 0 atom stereocenters. The molecule has 0 saturated carbocycles. The van der Waals surface area contributed by atoms with Crippen LogP contribution in [0.1, 0.15) is 15.9 Å². The number of carbonyl (C=O) groups is 1. The van der Waals surface area contributed by atoms with Crippen molar-refractivity contribution in [3.8, 4) is 11.3 Å². The number of nitrogens with two attached hydrogens (primary N) is 1. The van der Waals surface area contributed by atoms with Crippen molar-refractivity contribution in [3.63, 3.8) is 0 Å². The highest BCUT2D eigenvalue weighted by molar-refractivity contribution is 5.96. The highest BCUT2D eigenvalue weighted by Crippen LogP contribution is 2.24. The van der Waals surface area contributed by atoms with Crippen LogP contribution >= 0.6 is 0 Å². The molecule has 0 fully saturated rings. The number of hydrogen-bond donors (Lipinski definition) is 1. The molecule has 2 N–H and O–H groups in total. The Morgan fingerprint density at radius 3 is 2.69 bits per heavy atom. The van der Waals surface area contributed by atoms with E-state index in [0.29, 0.717) is 5.56 Å². The SMILES string of the molecule is Cc1c(C(N)=O)cccc1-c1ccnn1C. The summed E-state index contributed by atoms with van der Waals surface area (Å²) in [5.74, 6) is -0.401. The molecule has 0 saturated heterocycles. The average Bonchev–Trinajstić information content (AvgIpc) is 2.64. The summed E-state index contributed by atoms with van der Waals surface area (Å²) in [7, 11) is 1.87. The predicted molar refractivity (Wildman–Crippen MR) is 61.9 cm³/mol. The van der Waals surface area contributed by atoms with Crippen LogP contribution in [0.3, 0.4) is 0 Å². The molecule has 1 amide bonds. The van der Waals surface area contributed by atoms with Crippen LogP contribution in [0.4, 0.5) is 0 Å². The number of amides is 1. The summed E-state index contributed by atoms with van der Waals surface area (Å²) in [5.41, 5.74) is 8.71. The van der Waals surface area contributed by atoms with Crippen molar-refractivity contribution < 1.29 is 4.79 Å². The second-order valence-corrected chi connectivity index (χ2v) is 3.68. The fourth-order valence-electron chi connectivity index (χ4n) is 1.82. The van der Waals surface area contributed by atoms with Crippen LogP contribution in [-0.4, -0.2) is 15.7 Å². The van der Waals surface area contributed by atoms with Crippen LogP contribution in [-0.2, 0) is 7.05 Å². The molecule has 0 aliphatic rings. The number of primary amides is 1. The fourth-order valence-corrected chi connectivity index (χ4v) is 1.82. The molecule has 0 aliphatic carbocycles. The number of aryl methyl sites for hydroxylation is 1. The Morgan fingerprint density at radius 1 is 1.38 bits per heavy atom. The molecule has 0 unspecified atom stereocenters. The van der Waals surface area contributed by atoms with E-state index in [4.69, 9.17) is 5.73 Å². The van der Waals surface area contributed by atoms with Gasteiger partial charge in [-0.2, -0.15) is 5.10 Å². The van der Waals surface area contributed by atoms with E-state index in [1.165, 1.54) is 0 Å². The number of hydrogen-bond acceptors (Lipinski definition) is 2. The highest BCUT2D eigenvalue weighted by Gasteiger charge is 2.11. The minimum Gasteiger partial charge on any atom is -0.366 e. The van der Waals surface area contributed by atoms with Gasteiger partial charge in [0, 0.05) is 24.4 Å². The molecule has 16 heavy (non-hydrogen) atoms. The lowest BCUT2D eigenvalue weighted by Crippen LogP contribution is -2.13. The minimum absolute atomic E-state index is 0.401. The lowest BCUT2D eigenvalue weighted by molar-refractivity contribution is 0.1000. The predicted octanol–water partition coefficient (Wildman–Crippen LogP) is 1.49. The van der Waals surface area contributed by atoms with Crippen molar-refractivity contribution in [2.24, 2.45) is 12.8 Å². The standard InChI is InChI=1S/C12H13N3O/c1-8-9(11-6-7-14-15(11)2)4-3-5-10(8)12(13)16/h3-7H,1-2H3,(H2,13,16). The first-order chi connectivity index (χ1) is 7.61. The minimum atomic E-state index is -0.401. The van der Waals surface area contributed by atoms with Gasteiger partial charge in [0.1, 0.15) is 0 Å². The van der Waals surface area contributed by atoms with Crippen LogP contribution in [0, 0.1) is 6.92 Å².